The van der Waals surface area contributed by atoms with Crippen molar-refractivity contribution < 1.29 is 21.6 Å². The van der Waals surface area contributed by atoms with Crippen molar-refractivity contribution in [3.63, 3.8) is 0 Å². The molecule has 0 saturated heterocycles. The van der Waals surface area contributed by atoms with E-state index >= 15 is 0 Å². The summed E-state index contributed by atoms with van der Waals surface area (Å²) in [6, 6.07) is 10.8. The number of sulfone groups is 1. The Morgan fingerprint density at radius 1 is 1.07 bits per heavy atom. The van der Waals surface area contributed by atoms with Crippen LogP contribution in [0.2, 0.25) is 0 Å². The van der Waals surface area contributed by atoms with E-state index < -0.39 is 19.9 Å². The number of rotatable bonds is 8. The van der Waals surface area contributed by atoms with Gasteiger partial charge in [0.15, 0.2) is 9.84 Å². The second-order valence-electron chi connectivity index (χ2n) is 7.18. The molecule has 8 nitrogen and oxygen atoms in total. The third-order valence-electron chi connectivity index (χ3n) is 3.97. The number of sulfonamides is 1. The number of hydrogen-bond donors (Lipinski definition) is 3. The van der Waals surface area contributed by atoms with Gasteiger partial charge in [-0.1, -0.05) is 26.0 Å². The van der Waals surface area contributed by atoms with E-state index in [-0.39, 0.29) is 33.8 Å². The zero-order valence-electron chi connectivity index (χ0n) is 16.5. The lowest BCUT2D eigenvalue weighted by molar-refractivity contribution is -0.116. The van der Waals surface area contributed by atoms with E-state index in [2.05, 4.69) is 10.6 Å². The summed E-state index contributed by atoms with van der Waals surface area (Å²) in [5, 5.41) is 10.9. The predicted molar refractivity (Wildman–Crippen MR) is 113 cm³/mol. The Balaban J connectivity index is 2.22. The number of nitrogens with two attached hydrogens (primary N) is 1. The average Bonchev–Trinajstić information content (AvgIpc) is 2.57. The molecule has 0 aliphatic carbocycles. The summed E-state index contributed by atoms with van der Waals surface area (Å²) in [5.41, 5.74) is 1.71. The molecule has 1 amide bonds. The van der Waals surface area contributed by atoms with Crippen LogP contribution in [0.5, 0.6) is 0 Å². The molecule has 0 fully saturated rings. The average molecular weight is 440 g/mol. The van der Waals surface area contributed by atoms with Crippen LogP contribution in [0.4, 0.5) is 11.4 Å². The van der Waals surface area contributed by atoms with Crippen LogP contribution < -0.4 is 15.8 Å². The van der Waals surface area contributed by atoms with Crippen molar-refractivity contribution in [2.45, 2.75) is 36.6 Å². The monoisotopic (exact) mass is 439 g/mol. The highest BCUT2D eigenvalue weighted by atomic mass is 32.2. The Morgan fingerprint density at radius 2 is 1.76 bits per heavy atom. The lowest BCUT2D eigenvalue weighted by Crippen LogP contribution is -2.15. The van der Waals surface area contributed by atoms with Gasteiger partial charge >= 0.3 is 0 Å². The van der Waals surface area contributed by atoms with E-state index in [9.17, 15) is 21.6 Å². The second kappa shape index (κ2) is 8.93. The molecule has 158 valence electrons. The third-order valence-corrected chi connectivity index (χ3v) is 6.02. The van der Waals surface area contributed by atoms with Crippen molar-refractivity contribution in [2.75, 3.05) is 16.9 Å². The second-order valence-corrected chi connectivity index (χ2v) is 10.7. The van der Waals surface area contributed by atoms with Crippen molar-refractivity contribution in [3.8, 4) is 0 Å². The summed E-state index contributed by atoms with van der Waals surface area (Å²) in [6.45, 7) is 4.19. The van der Waals surface area contributed by atoms with Gasteiger partial charge in [0.2, 0.25) is 15.9 Å². The van der Waals surface area contributed by atoms with E-state index in [0.29, 0.717) is 12.1 Å². The number of nitrogens with one attached hydrogen (secondary N) is 2. The maximum Gasteiger partial charge on any atom is 0.238 e. The number of carbonyl (C=O) groups excluding carboxylic acids is 1. The van der Waals surface area contributed by atoms with Crippen LogP contribution in [-0.2, 0) is 31.2 Å². The quantitative estimate of drug-likeness (QED) is 0.578. The Hall–Kier alpha value is -2.43. The molecule has 0 unspecified atom stereocenters. The van der Waals surface area contributed by atoms with Crippen LogP contribution in [0, 0.1) is 5.92 Å². The first-order chi connectivity index (χ1) is 13.4. The molecule has 0 saturated carbocycles. The molecule has 0 spiro atoms. The molecule has 0 atom stereocenters. The molecule has 0 radical (unpaired) electrons. The zero-order chi connectivity index (χ0) is 21.8. The molecule has 2 aromatic rings. The van der Waals surface area contributed by atoms with Crippen LogP contribution in [0.15, 0.2) is 52.3 Å². The van der Waals surface area contributed by atoms with Crippen molar-refractivity contribution >= 4 is 37.1 Å². The lowest BCUT2D eigenvalue weighted by atomic mass is 10.1. The van der Waals surface area contributed by atoms with Crippen LogP contribution >= 0.6 is 0 Å². The summed E-state index contributed by atoms with van der Waals surface area (Å²) in [7, 11) is -7.72. The SMILES string of the molecule is CC(C)CC(=O)Nc1cccc(CNc2ccc(S(N)(=O)=O)cc2S(C)(=O)=O)c1. The molecule has 2 rings (SSSR count). The fourth-order valence-electron chi connectivity index (χ4n) is 2.67. The first-order valence-electron chi connectivity index (χ1n) is 8.86. The standard InChI is InChI=1S/C19H25N3O5S2/c1-13(2)9-19(23)22-15-6-4-5-14(10-15)12-21-17-8-7-16(29(20,26)27)11-18(17)28(3,24)25/h4-8,10-11,13,21H,9,12H2,1-3H3,(H,22,23)(H2,20,26,27). The van der Waals surface area contributed by atoms with E-state index in [1.165, 1.54) is 12.1 Å². The minimum Gasteiger partial charge on any atom is -0.380 e. The molecule has 0 bridgehead atoms. The van der Waals surface area contributed by atoms with E-state index in [1.54, 1.807) is 18.2 Å². The van der Waals surface area contributed by atoms with Crippen molar-refractivity contribution in [3.05, 3.63) is 48.0 Å². The van der Waals surface area contributed by atoms with E-state index in [0.717, 1.165) is 17.9 Å². The Labute approximate surface area is 171 Å². The Kier molecular flexibility index (Phi) is 7.04. The summed E-state index contributed by atoms with van der Waals surface area (Å²) in [5.74, 6) is 0.164. The fourth-order valence-corrected chi connectivity index (χ4v) is 4.17. The van der Waals surface area contributed by atoms with Crippen LogP contribution in [0.3, 0.4) is 0 Å². The minimum atomic E-state index is -4.03. The number of anilines is 2. The highest BCUT2D eigenvalue weighted by molar-refractivity contribution is 7.91. The maximum absolute atomic E-state index is 12.1. The topological polar surface area (TPSA) is 135 Å². The van der Waals surface area contributed by atoms with Gasteiger partial charge in [0.25, 0.3) is 0 Å². The summed E-state index contributed by atoms with van der Waals surface area (Å²) < 4.78 is 47.2. The minimum absolute atomic E-state index is 0.0805. The lowest BCUT2D eigenvalue weighted by Gasteiger charge is -2.13. The van der Waals surface area contributed by atoms with Gasteiger partial charge < -0.3 is 10.6 Å². The third kappa shape index (κ3) is 6.84. The number of amides is 1. The van der Waals surface area contributed by atoms with Crippen LogP contribution in [0.25, 0.3) is 0 Å². The summed E-state index contributed by atoms with van der Waals surface area (Å²) in [4.78, 5) is 11.5. The van der Waals surface area contributed by atoms with Crippen LogP contribution in [0.1, 0.15) is 25.8 Å². The van der Waals surface area contributed by atoms with Gasteiger partial charge in [0.1, 0.15) is 0 Å². The van der Waals surface area contributed by atoms with E-state index in [4.69, 9.17) is 5.14 Å². The fraction of sp³-hybridized carbons (Fsp3) is 0.316. The molecular weight excluding hydrogens is 414 g/mol. The molecule has 0 aliphatic heterocycles. The number of hydrogen-bond acceptors (Lipinski definition) is 6. The molecule has 4 N–H and O–H groups in total. The molecule has 2 aromatic carbocycles. The highest BCUT2D eigenvalue weighted by Crippen LogP contribution is 2.25. The molecule has 10 heteroatoms. The van der Waals surface area contributed by atoms with Gasteiger partial charge in [-0.15, -0.1) is 0 Å². The highest BCUT2D eigenvalue weighted by Gasteiger charge is 2.18. The number of primary sulfonamides is 1. The van der Waals surface area contributed by atoms with E-state index in [1.807, 2.05) is 19.9 Å². The molecule has 0 heterocycles. The Morgan fingerprint density at radius 3 is 2.34 bits per heavy atom. The number of benzene rings is 2. The van der Waals surface area contributed by atoms with Crippen molar-refractivity contribution in [1.29, 1.82) is 0 Å². The van der Waals surface area contributed by atoms with Gasteiger partial charge in [-0.2, -0.15) is 0 Å². The summed E-state index contributed by atoms with van der Waals surface area (Å²) in [6.07, 6.45) is 1.40. The zero-order valence-corrected chi connectivity index (χ0v) is 18.1. The molecular formula is C19H25N3O5S2. The smallest absolute Gasteiger partial charge is 0.238 e. The summed E-state index contributed by atoms with van der Waals surface area (Å²) >= 11 is 0. The first kappa shape index (κ1) is 22.9. The van der Waals surface area contributed by atoms with Gasteiger partial charge in [0, 0.05) is 24.9 Å². The molecule has 29 heavy (non-hydrogen) atoms. The van der Waals surface area contributed by atoms with Gasteiger partial charge in [-0.05, 0) is 41.8 Å². The van der Waals surface area contributed by atoms with Crippen molar-refractivity contribution in [2.24, 2.45) is 11.1 Å². The van der Waals surface area contributed by atoms with Gasteiger partial charge in [-0.3, -0.25) is 4.79 Å². The molecule has 0 aliphatic rings. The maximum atomic E-state index is 12.1. The van der Waals surface area contributed by atoms with Crippen molar-refractivity contribution in [1.82, 2.24) is 0 Å². The first-order valence-corrected chi connectivity index (χ1v) is 12.3. The predicted octanol–water partition coefficient (Wildman–Crippen LogP) is 2.33. The normalized spacial score (nSPS) is 12.0. The largest absolute Gasteiger partial charge is 0.380 e. The number of carbonyl (C=O) groups is 1. The van der Waals surface area contributed by atoms with Crippen LogP contribution in [-0.4, -0.2) is 29.0 Å². The Bertz CT molecular complexity index is 1110. The van der Waals surface area contributed by atoms with Gasteiger partial charge in [0.05, 0.1) is 15.5 Å². The molecule has 0 aromatic heterocycles. The van der Waals surface area contributed by atoms with Gasteiger partial charge in [-0.25, -0.2) is 22.0 Å².